The lowest BCUT2D eigenvalue weighted by atomic mass is 10.2. The van der Waals surface area contributed by atoms with Gasteiger partial charge in [-0.15, -0.1) is 0 Å². The quantitative estimate of drug-likeness (QED) is 0.564. The van der Waals surface area contributed by atoms with Crippen LogP contribution < -0.4 is 0 Å². The first-order chi connectivity index (χ1) is 7.68. The lowest BCUT2D eigenvalue weighted by Crippen LogP contribution is -2.65. The van der Waals surface area contributed by atoms with Crippen LogP contribution in [0.4, 0.5) is 0 Å². The zero-order valence-electron chi connectivity index (χ0n) is 12.3. The largest absolute Gasteiger partial charge is 0.416 e. The molecule has 1 aliphatic heterocycles. The van der Waals surface area contributed by atoms with E-state index in [0.717, 1.165) is 6.04 Å². The van der Waals surface area contributed by atoms with Crippen molar-refractivity contribution < 1.29 is 12.3 Å². The van der Waals surface area contributed by atoms with Gasteiger partial charge >= 0.3 is 25.7 Å². The van der Waals surface area contributed by atoms with Gasteiger partial charge in [0.05, 0.1) is 0 Å². The molecular formula is C11H28O3Si3. The van der Waals surface area contributed by atoms with Gasteiger partial charge in [-0.2, -0.15) is 0 Å². The van der Waals surface area contributed by atoms with Crippen molar-refractivity contribution in [2.24, 2.45) is 0 Å². The van der Waals surface area contributed by atoms with Crippen LogP contribution in [0.5, 0.6) is 0 Å². The second kappa shape index (κ2) is 5.66. The van der Waals surface area contributed by atoms with E-state index < -0.39 is 25.7 Å². The fraction of sp³-hybridized carbons (Fsp3) is 1.00. The summed E-state index contributed by atoms with van der Waals surface area (Å²) in [5, 5.41) is 0. The molecule has 0 radical (unpaired) electrons. The number of unbranched alkanes of at least 4 members (excludes halogenated alkanes) is 3. The third-order valence-corrected chi connectivity index (χ3v) is 15.5. The highest BCUT2D eigenvalue weighted by atomic mass is 28.5. The molecule has 6 heteroatoms. The number of hydrogen-bond donors (Lipinski definition) is 0. The summed E-state index contributed by atoms with van der Waals surface area (Å²) in [6.07, 6.45) is 5.15. The first kappa shape index (κ1) is 15.6. The molecule has 102 valence electrons. The Balaban J connectivity index is 2.55. The van der Waals surface area contributed by atoms with Crippen molar-refractivity contribution >= 4 is 25.7 Å². The van der Waals surface area contributed by atoms with Gasteiger partial charge in [0.2, 0.25) is 0 Å². The van der Waals surface area contributed by atoms with Gasteiger partial charge in [0, 0.05) is 0 Å². The fourth-order valence-electron chi connectivity index (χ4n) is 2.67. The maximum absolute atomic E-state index is 6.25. The van der Waals surface area contributed by atoms with Gasteiger partial charge in [0.1, 0.15) is 0 Å². The molecule has 0 N–H and O–H groups in total. The minimum Gasteiger partial charge on any atom is -0.416 e. The zero-order chi connectivity index (χ0) is 13.2. The summed E-state index contributed by atoms with van der Waals surface area (Å²) in [6.45, 7) is 13.1. The topological polar surface area (TPSA) is 27.7 Å². The van der Waals surface area contributed by atoms with Gasteiger partial charge in [-0.3, -0.25) is 0 Å². The van der Waals surface area contributed by atoms with E-state index in [1.54, 1.807) is 0 Å². The van der Waals surface area contributed by atoms with Crippen LogP contribution >= 0.6 is 0 Å². The van der Waals surface area contributed by atoms with E-state index in [2.05, 4.69) is 39.7 Å². The van der Waals surface area contributed by atoms with E-state index >= 15 is 0 Å². The maximum Gasteiger partial charge on any atom is 0.317 e. The number of rotatable bonds is 5. The van der Waals surface area contributed by atoms with Crippen LogP contribution in [0.3, 0.4) is 0 Å². The highest BCUT2D eigenvalue weighted by Crippen LogP contribution is 2.33. The second-order valence-electron chi connectivity index (χ2n) is 6.05. The molecule has 0 saturated carbocycles. The minimum atomic E-state index is -1.96. The predicted molar refractivity (Wildman–Crippen MR) is 78.8 cm³/mol. The zero-order valence-corrected chi connectivity index (χ0v) is 15.3. The average molecular weight is 293 g/mol. The number of hydrogen-bond acceptors (Lipinski definition) is 3. The molecule has 1 aliphatic rings. The van der Waals surface area contributed by atoms with E-state index in [1.165, 1.54) is 25.7 Å². The van der Waals surface area contributed by atoms with Gasteiger partial charge in [0.25, 0.3) is 0 Å². The molecule has 0 aliphatic carbocycles. The van der Waals surface area contributed by atoms with Gasteiger partial charge in [0.15, 0.2) is 0 Å². The molecule has 3 nitrogen and oxygen atoms in total. The summed E-state index contributed by atoms with van der Waals surface area (Å²) in [5.41, 5.74) is 0. The molecule has 1 saturated heterocycles. The molecule has 0 aromatic rings. The molecule has 0 unspecified atom stereocenters. The average Bonchev–Trinajstić information content (AvgIpc) is 2.06. The van der Waals surface area contributed by atoms with Crippen molar-refractivity contribution in [1.29, 1.82) is 0 Å². The van der Waals surface area contributed by atoms with E-state index in [4.69, 9.17) is 12.3 Å². The Morgan fingerprint density at radius 2 is 1.24 bits per heavy atom. The molecule has 0 atom stereocenters. The van der Waals surface area contributed by atoms with Gasteiger partial charge in [-0.1, -0.05) is 32.6 Å². The summed E-state index contributed by atoms with van der Waals surface area (Å²) in [4.78, 5) is 0. The Morgan fingerprint density at radius 3 is 1.71 bits per heavy atom. The van der Waals surface area contributed by atoms with E-state index in [-0.39, 0.29) is 0 Å². The lowest BCUT2D eigenvalue weighted by Gasteiger charge is -2.48. The van der Waals surface area contributed by atoms with Crippen molar-refractivity contribution in [3.8, 4) is 0 Å². The van der Waals surface area contributed by atoms with Crippen molar-refractivity contribution in [3.63, 3.8) is 0 Å². The molecule has 0 amide bonds. The molecule has 1 heterocycles. The van der Waals surface area contributed by atoms with Gasteiger partial charge in [-0.05, 0) is 38.8 Å². The lowest BCUT2D eigenvalue weighted by molar-refractivity contribution is 0.231. The van der Waals surface area contributed by atoms with E-state index in [9.17, 15) is 0 Å². The van der Waals surface area contributed by atoms with Crippen molar-refractivity contribution in [3.05, 3.63) is 0 Å². The third-order valence-electron chi connectivity index (χ3n) is 2.90. The molecule has 0 bridgehead atoms. The normalized spacial score (nSPS) is 25.8. The summed E-state index contributed by atoms with van der Waals surface area (Å²) in [5.74, 6) is 0. The van der Waals surface area contributed by atoms with Gasteiger partial charge in [-0.25, -0.2) is 0 Å². The molecule has 17 heavy (non-hydrogen) atoms. The summed E-state index contributed by atoms with van der Waals surface area (Å²) < 4.78 is 18.5. The Labute approximate surface area is 110 Å². The Kier molecular flexibility index (Phi) is 5.19. The van der Waals surface area contributed by atoms with Crippen molar-refractivity contribution in [1.82, 2.24) is 0 Å². The SMILES string of the molecule is CCCCCC[Si]1(C)O[Si](C)(C)O[Si](C)(C)O1. The standard InChI is InChI=1S/C11H28O3Si3/c1-7-8-9-10-11-17(6)13-15(2,3)12-16(4,5)14-17/h7-11H2,1-6H3. The van der Waals surface area contributed by atoms with Crippen LogP contribution in [0, 0.1) is 0 Å². The Hall–Kier alpha value is 0.531. The summed E-state index contributed by atoms with van der Waals surface area (Å²) in [6, 6.07) is 1.13. The molecule has 0 aromatic heterocycles. The Morgan fingerprint density at radius 1 is 0.706 bits per heavy atom. The first-order valence-corrected chi connectivity index (χ1v) is 14.9. The third kappa shape index (κ3) is 5.35. The molecular weight excluding hydrogens is 264 g/mol. The van der Waals surface area contributed by atoms with E-state index in [0.29, 0.717) is 0 Å². The highest BCUT2D eigenvalue weighted by Gasteiger charge is 2.52. The summed E-state index contributed by atoms with van der Waals surface area (Å²) in [7, 11) is -5.82. The summed E-state index contributed by atoms with van der Waals surface area (Å²) >= 11 is 0. The molecule has 0 spiro atoms. The molecule has 1 rings (SSSR count). The fourth-order valence-corrected chi connectivity index (χ4v) is 19.1. The molecule has 0 aromatic carbocycles. The second-order valence-corrected chi connectivity index (χ2v) is 16.9. The van der Waals surface area contributed by atoms with Crippen LogP contribution in [-0.4, -0.2) is 25.7 Å². The van der Waals surface area contributed by atoms with Crippen LogP contribution in [0.25, 0.3) is 0 Å². The highest BCUT2D eigenvalue weighted by molar-refractivity contribution is 6.92. The van der Waals surface area contributed by atoms with Crippen molar-refractivity contribution in [2.75, 3.05) is 0 Å². The van der Waals surface area contributed by atoms with Gasteiger partial charge < -0.3 is 12.3 Å². The van der Waals surface area contributed by atoms with Crippen LogP contribution in [0.2, 0.25) is 38.8 Å². The maximum atomic E-state index is 6.25. The van der Waals surface area contributed by atoms with Crippen LogP contribution in [0.1, 0.15) is 32.6 Å². The smallest absolute Gasteiger partial charge is 0.317 e. The Bertz CT molecular complexity index is 240. The van der Waals surface area contributed by atoms with E-state index in [1.807, 2.05) is 0 Å². The predicted octanol–water partition coefficient (Wildman–Crippen LogP) is 4.11. The first-order valence-electron chi connectivity index (χ1n) is 6.79. The van der Waals surface area contributed by atoms with Crippen LogP contribution in [-0.2, 0) is 12.3 Å². The monoisotopic (exact) mass is 292 g/mol. The minimum absolute atomic E-state index is 1.13. The van der Waals surface area contributed by atoms with Crippen LogP contribution in [0.15, 0.2) is 0 Å². The molecule has 1 fully saturated rings. The van der Waals surface area contributed by atoms with Crippen molar-refractivity contribution in [2.45, 2.75) is 71.4 Å².